The number of rotatable bonds is 3. The highest BCUT2D eigenvalue weighted by atomic mass is 35.5. The van der Waals surface area contributed by atoms with E-state index in [0.29, 0.717) is 16.9 Å². The number of aryl methyl sites for hydroxylation is 1. The maximum atomic E-state index is 13.2. The Bertz CT molecular complexity index is 328. The van der Waals surface area contributed by atoms with Crippen LogP contribution in [0.1, 0.15) is 17.2 Å². The molecule has 0 heterocycles. The Balaban J connectivity index is 3.19. The molecule has 0 aromatic heterocycles. The third-order valence-corrected chi connectivity index (χ3v) is 2.31. The van der Waals surface area contributed by atoms with Gasteiger partial charge in [-0.25, -0.2) is 4.39 Å². The summed E-state index contributed by atoms with van der Waals surface area (Å²) in [5.41, 5.74) is 0.859. The molecule has 0 amide bonds. The van der Waals surface area contributed by atoms with Crippen LogP contribution in [-0.2, 0) is 0 Å². The molecule has 1 N–H and O–H groups in total. The van der Waals surface area contributed by atoms with E-state index in [9.17, 15) is 9.50 Å². The second-order valence-corrected chi connectivity index (χ2v) is 3.32. The molecule has 0 radical (unpaired) electrons. The van der Waals surface area contributed by atoms with Crippen molar-refractivity contribution in [2.24, 2.45) is 0 Å². The van der Waals surface area contributed by atoms with Gasteiger partial charge in [-0.2, -0.15) is 0 Å². The smallest absolute Gasteiger partial charge is 0.126 e. The lowest BCUT2D eigenvalue weighted by Crippen LogP contribution is -2.03. The Labute approximate surface area is 87.3 Å². The van der Waals surface area contributed by atoms with Gasteiger partial charge in [0.05, 0.1) is 19.1 Å². The zero-order chi connectivity index (χ0) is 10.7. The number of benzene rings is 1. The van der Waals surface area contributed by atoms with Crippen molar-refractivity contribution in [3.05, 3.63) is 29.1 Å². The predicted molar refractivity (Wildman–Crippen MR) is 53.4 cm³/mol. The number of alkyl halides is 1. The summed E-state index contributed by atoms with van der Waals surface area (Å²) < 4.78 is 18.2. The molecule has 0 saturated heterocycles. The number of aliphatic hydroxyl groups is 1. The van der Waals surface area contributed by atoms with Crippen molar-refractivity contribution in [3.8, 4) is 5.75 Å². The first kappa shape index (κ1) is 11.3. The maximum Gasteiger partial charge on any atom is 0.126 e. The van der Waals surface area contributed by atoms with Gasteiger partial charge in [0.2, 0.25) is 0 Å². The minimum atomic E-state index is -0.901. The molecule has 1 aromatic rings. The van der Waals surface area contributed by atoms with Crippen LogP contribution in [0.5, 0.6) is 5.75 Å². The van der Waals surface area contributed by atoms with Crippen molar-refractivity contribution in [2.45, 2.75) is 13.0 Å². The third kappa shape index (κ3) is 2.16. The predicted octanol–water partition coefficient (Wildman–Crippen LogP) is 2.41. The normalized spacial score (nSPS) is 12.6. The van der Waals surface area contributed by atoms with Gasteiger partial charge >= 0.3 is 0 Å². The van der Waals surface area contributed by atoms with Crippen LogP contribution < -0.4 is 4.74 Å². The fourth-order valence-corrected chi connectivity index (χ4v) is 1.36. The number of methoxy groups -OCH3 is 1. The van der Waals surface area contributed by atoms with E-state index in [2.05, 4.69) is 0 Å². The molecule has 0 spiro atoms. The lowest BCUT2D eigenvalue weighted by atomic mass is 10.1. The second-order valence-electron chi connectivity index (χ2n) is 3.01. The molecule has 1 unspecified atom stereocenters. The molecule has 78 valence electrons. The van der Waals surface area contributed by atoms with Gasteiger partial charge in [-0.05, 0) is 24.6 Å². The zero-order valence-electron chi connectivity index (χ0n) is 8.05. The van der Waals surface area contributed by atoms with Gasteiger partial charge in [0.1, 0.15) is 11.6 Å². The summed E-state index contributed by atoms with van der Waals surface area (Å²) in [6.45, 7) is 1.63. The first-order valence-corrected chi connectivity index (χ1v) is 4.71. The van der Waals surface area contributed by atoms with Crippen LogP contribution in [0.25, 0.3) is 0 Å². The quantitative estimate of drug-likeness (QED) is 0.790. The Morgan fingerprint density at radius 3 is 2.71 bits per heavy atom. The topological polar surface area (TPSA) is 29.5 Å². The van der Waals surface area contributed by atoms with E-state index in [0.717, 1.165) is 0 Å². The van der Waals surface area contributed by atoms with Gasteiger partial charge in [0.25, 0.3) is 0 Å². The van der Waals surface area contributed by atoms with E-state index in [-0.39, 0.29) is 11.7 Å². The summed E-state index contributed by atoms with van der Waals surface area (Å²) in [5, 5.41) is 9.48. The number of hydrogen-bond acceptors (Lipinski definition) is 2. The van der Waals surface area contributed by atoms with Crippen molar-refractivity contribution in [1.82, 2.24) is 0 Å². The van der Waals surface area contributed by atoms with Gasteiger partial charge < -0.3 is 9.84 Å². The van der Waals surface area contributed by atoms with Crippen molar-refractivity contribution in [3.63, 3.8) is 0 Å². The van der Waals surface area contributed by atoms with E-state index in [1.54, 1.807) is 13.0 Å². The van der Waals surface area contributed by atoms with Gasteiger partial charge in [0, 0.05) is 5.56 Å². The van der Waals surface area contributed by atoms with Gasteiger partial charge in [-0.15, -0.1) is 11.6 Å². The molecule has 0 bridgehead atoms. The van der Waals surface area contributed by atoms with Gasteiger partial charge in [-0.1, -0.05) is 0 Å². The summed E-state index contributed by atoms with van der Waals surface area (Å²) >= 11 is 5.48. The third-order valence-electron chi connectivity index (χ3n) is 2.02. The Morgan fingerprint density at radius 2 is 2.21 bits per heavy atom. The lowest BCUT2D eigenvalue weighted by Gasteiger charge is -2.13. The Morgan fingerprint density at radius 1 is 1.57 bits per heavy atom. The average molecular weight is 219 g/mol. The SMILES string of the molecule is COc1cc(C)c(F)cc1C(O)CCl. The molecule has 4 heteroatoms. The first-order chi connectivity index (χ1) is 6.60. The van der Waals surface area contributed by atoms with E-state index in [1.165, 1.54) is 13.2 Å². The molecule has 0 aliphatic carbocycles. The standard InChI is InChI=1S/C10H12ClFO2/c1-6-3-10(14-2)7(4-8(6)12)9(13)5-11/h3-4,9,13H,5H2,1-2H3. The van der Waals surface area contributed by atoms with Crippen LogP contribution in [0.4, 0.5) is 4.39 Å². The Hall–Kier alpha value is -0.800. The van der Waals surface area contributed by atoms with Crippen LogP contribution in [0, 0.1) is 12.7 Å². The molecule has 1 rings (SSSR count). The largest absolute Gasteiger partial charge is 0.496 e. The van der Waals surface area contributed by atoms with Crippen molar-refractivity contribution >= 4 is 11.6 Å². The molecular weight excluding hydrogens is 207 g/mol. The zero-order valence-corrected chi connectivity index (χ0v) is 8.81. The summed E-state index contributed by atoms with van der Waals surface area (Å²) in [7, 11) is 1.47. The van der Waals surface area contributed by atoms with Crippen LogP contribution >= 0.6 is 11.6 Å². The van der Waals surface area contributed by atoms with Gasteiger partial charge in [0.15, 0.2) is 0 Å². The summed E-state index contributed by atoms with van der Waals surface area (Å²) in [5.74, 6) is 0.0980. The molecule has 1 atom stereocenters. The van der Waals surface area contributed by atoms with Crippen LogP contribution in [0.3, 0.4) is 0 Å². The fourth-order valence-electron chi connectivity index (χ4n) is 1.19. The van der Waals surface area contributed by atoms with E-state index in [1.807, 2.05) is 0 Å². The van der Waals surface area contributed by atoms with Crippen LogP contribution in [-0.4, -0.2) is 18.1 Å². The number of aliphatic hydroxyl groups excluding tert-OH is 1. The molecule has 0 aliphatic heterocycles. The minimum absolute atomic E-state index is 0.0128. The van der Waals surface area contributed by atoms with Crippen molar-refractivity contribution in [2.75, 3.05) is 13.0 Å². The van der Waals surface area contributed by atoms with Gasteiger partial charge in [-0.3, -0.25) is 0 Å². The van der Waals surface area contributed by atoms with Crippen LogP contribution in [0.2, 0.25) is 0 Å². The Kier molecular flexibility index (Phi) is 3.72. The lowest BCUT2D eigenvalue weighted by molar-refractivity contribution is 0.197. The monoisotopic (exact) mass is 218 g/mol. The van der Waals surface area contributed by atoms with E-state index in [4.69, 9.17) is 16.3 Å². The second kappa shape index (κ2) is 4.62. The summed E-state index contributed by atoms with van der Waals surface area (Å²) in [6.07, 6.45) is -0.901. The maximum absolute atomic E-state index is 13.2. The highest BCUT2D eigenvalue weighted by Gasteiger charge is 2.14. The summed E-state index contributed by atoms with van der Waals surface area (Å²) in [6, 6.07) is 2.79. The molecular formula is C10H12ClFO2. The highest BCUT2D eigenvalue weighted by molar-refractivity contribution is 6.18. The van der Waals surface area contributed by atoms with Crippen molar-refractivity contribution < 1.29 is 14.2 Å². The molecule has 14 heavy (non-hydrogen) atoms. The fraction of sp³-hybridized carbons (Fsp3) is 0.400. The summed E-state index contributed by atoms with van der Waals surface area (Å²) in [4.78, 5) is 0. The van der Waals surface area contributed by atoms with E-state index < -0.39 is 6.10 Å². The molecule has 0 fully saturated rings. The number of hydrogen-bond donors (Lipinski definition) is 1. The van der Waals surface area contributed by atoms with Crippen LogP contribution in [0.15, 0.2) is 12.1 Å². The first-order valence-electron chi connectivity index (χ1n) is 4.18. The average Bonchev–Trinajstić information content (AvgIpc) is 2.20. The van der Waals surface area contributed by atoms with Crippen molar-refractivity contribution in [1.29, 1.82) is 0 Å². The molecule has 1 aromatic carbocycles. The molecule has 2 nitrogen and oxygen atoms in total. The highest BCUT2D eigenvalue weighted by Crippen LogP contribution is 2.28. The number of ether oxygens (including phenoxy) is 1. The van der Waals surface area contributed by atoms with E-state index >= 15 is 0 Å². The minimum Gasteiger partial charge on any atom is -0.496 e. The number of halogens is 2. The molecule has 0 aliphatic rings. The molecule has 0 saturated carbocycles.